The summed E-state index contributed by atoms with van der Waals surface area (Å²) in [5.74, 6) is -0.214. The number of nitrogens with one attached hydrogen (secondary N) is 1. The Bertz CT molecular complexity index is 1550. The lowest BCUT2D eigenvalue weighted by Crippen LogP contribution is -2.45. The number of nitrogens with zero attached hydrogens (tertiary/aromatic N) is 1. The van der Waals surface area contributed by atoms with Gasteiger partial charge in [-0.15, -0.1) is 0 Å². The Kier molecular flexibility index (Phi) is 57.5. The number of quaternary nitrogens is 1. The van der Waals surface area contributed by atoms with Crippen LogP contribution in [0, 0.1) is 0 Å². The first kappa shape index (κ1) is 75.7. The number of aliphatic hydroxyl groups is 1. The minimum Gasteiger partial charge on any atom is -0.756 e. The quantitative estimate of drug-likeness (QED) is 0.0272. The zero-order chi connectivity index (χ0) is 57.0. The fraction of sp³-hybridized carbons (Fsp3) is 0.783. The van der Waals surface area contributed by atoms with Gasteiger partial charge in [-0.25, -0.2) is 0 Å². The molecule has 0 saturated heterocycles. The Labute approximate surface area is 484 Å². The summed E-state index contributed by atoms with van der Waals surface area (Å²) in [6.07, 6.45) is 84.1. The molecule has 0 aliphatic rings. The van der Waals surface area contributed by atoms with Crippen molar-refractivity contribution in [2.45, 2.75) is 309 Å². The van der Waals surface area contributed by atoms with Crippen molar-refractivity contribution in [2.75, 3.05) is 40.9 Å². The predicted molar refractivity (Wildman–Crippen MR) is 339 cm³/mol. The van der Waals surface area contributed by atoms with Gasteiger partial charge < -0.3 is 28.8 Å². The van der Waals surface area contributed by atoms with Gasteiger partial charge in [0.2, 0.25) is 5.91 Å². The van der Waals surface area contributed by atoms with Gasteiger partial charge >= 0.3 is 0 Å². The Balaban J connectivity index is 4.18. The van der Waals surface area contributed by atoms with E-state index >= 15 is 0 Å². The Morgan fingerprint density at radius 1 is 0.462 bits per heavy atom. The number of likely N-dealkylation sites (N-methyl/N-ethyl adjacent to an activating group) is 1. The fourth-order valence-corrected chi connectivity index (χ4v) is 10.2. The molecule has 0 radical (unpaired) electrons. The lowest BCUT2D eigenvalue weighted by Gasteiger charge is -2.29. The first-order valence-electron chi connectivity index (χ1n) is 32.9. The normalized spacial score (nSPS) is 14.3. The van der Waals surface area contributed by atoms with Crippen molar-refractivity contribution in [3.63, 3.8) is 0 Å². The van der Waals surface area contributed by atoms with Gasteiger partial charge in [0.15, 0.2) is 0 Å². The number of hydrogen-bond acceptors (Lipinski definition) is 6. The number of phosphoric acid groups is 1. The molecule has 0 saturated carbocycles. The van der Waals surface area contributed by atoms with E-state index in [1.54, 1.807) is 6.08 Å². The molecule has 0 aromatic rings. The molecule has 0 rings (SSSR count). The standard InChI is InChI=1S/C69H127N2O6P/c1-6-8-10-12-14-16-18-20-22-24-26-28-30-32-33-34-35-36-37-39-40-42-44-46-48-50-52-54-56-58-60-62-68(72)67(66-77-78(74,75)76-65-64-71(3,4)5)70-69(73)63-61-59-57-55-53-51-49-47-45-43-41-38-31-29-27-25-23-21-19-17-15-13-11-9-7-2/h9,11,15,17,21,23,27,29,44,46,52,54,60,62,67-68,72H,6-8,10,12-14,16,18-20,22,24-26,28,30-43,45,47-51,53,55-59,61,63-66H2,1-5H3,(H-,70,73,74,75)/b11-9-,17-15-,23-21-,29-27-,46-44+,54-52+,62-60+. The van der Waals surface area contributed by atoms with E-state index in [1.165, 1.54) is 205 Å². The van der Waals surface area contributed by atoms with Gasteiger partial charge in [-0.1, -0.05) is 292 Å². The highest BCUT2D eigenvalue weighted by Crippen LogP contribution is 2.38. The van der Waals surface area contributed by atoms with Gasteiger partial charge in [0.05, 0.1) is 39.9 Å². The number of amides is 1. The molecule has 3 atom stereocenters. The molecule has 1 amide bonds. The predicted octanol–water partition coefficient (Wildman–Crippen LogP) is 20.1. The summed E-state index contributed by atoms with van der Waals surface area (Å²) in [4.78, 5) is 25.6. The highest BCUT2D eigenvalue weighted by Gasteiger charge is 2.23. The highest BCUT2D eigenvalue weighted by molar-refractivity contribution is 7.45. The first-order chi connectivity index (χ1) is 38.0. The number of allylic oxidation sites excluding steroid dienone is 13. The molecule has 0 aliphatic carbocycles. The number of unbranched alkanes of at least 4 members (excludes halogenated alkanes) is 35. The summed E-state index contributed by atoms with van der Waals surface area (Å²) in [5, 5.41) is 13.9. The van der Waals surface area contributed by atoms with Crippen LogP contribution in [-0.2, 0) is 18.4 Å². The molecule has 2 N–H and O–H groups in total. The van der Waals surface area contributed by atoms with Crippen LogP contribution in [0.4, 0.5) is 0 Å². The zero-order valence-electron chi connectivity index (χ0n) is 51.9. The number of rotatable bonds is 60. The van der Waals surface area contributed by atoms with Crippen LogP contribution in [0.3, 0.4) is 0 Å². The molecule has 0 heterocycles. The lowest BCUT2D eigenvalue weighted by molar-refractivity contribution is -0.870. The second kappa shape index (κ2) is 59.3. The van der Waals surface area contributed by atoms with E-state index in [1.807, 2.05) is 27.2 Å². The lowest BCUT2D eigenvalue weighted by atomic mass is 10.0. The molecule has 8 nitrogen and oxygen atoms in total. The second-order valence-electron chi connectivity index (χ2n) is 23.4. The Hall–Kier alpha value is -2.32. The van der Waals surface area contributed by atoms with E-state index < -0.39 is 26.6 Å². The van der Waals surface area contributed by atoms with Crippen molar-refractivity contribution < 1.29 is 32.9 Å². The van der Waals surface area contributed by atoms with Crippen molar-refractivity contribution in [2.24, 2.45) is 0 Å². The van der Waals surface area contributed by atoms with E-state index in [2.05, 4.69) is 92.1 Å². The number of hydrogen-bond donors (Lipinski definition) is 2. The van der Waals surface area contributed by atoms with E-state index in [4.69, 9.17) is 9.05 Å². The summed E-state index contributed by atoms with van der Waals surface area (Å²) in [5.41, 5.74) is 0. The van der Waals surface area contributed by atoms with Crippen LogP contribution in [-0.4, -0.2) is 68.5 Å². The summed E-state index contributed by atoms with van der Waals surface area (Å²) in [7, 11) is 1.23. The summed E-state index contributed by atoms with van der Waals surface area (Å²) < 4.78 is 23.4. The SMILES string of the molecule is CC/C=C\C/C=C\C/C=C\C/C=C\CCCCCCCCCCCCCCC(=O)NC(COP(=O)([O-])OCC[N+](C)(C)C)C(O)/C=C/CC/C=C/CC/C=C/CCCCCCCCCCCCCCCCCCCCCCC. The maximum atomic E-state index is 13.0. The topological polar surface area (TPSA) is 108 Å². The molecular formula is C69H127N2O6P. The van der Waals surface area contributed by atoms with Crippen molar-refractivity contribution in [3.05, 3.63) is 85.1 Å². The zero-order valence-corrected chi connectivity index (χ0v) is 52.7. The van der Waals surface area contributed by atoms with Crippen molar-refractivity contribution in [1.82, 2.24) is 5.32 Å². The molecule has 0 aliphatic heterocycles. The van der Waals surface area contributed by atoms with Crippen LogP contribution in [0.5, 0.6) is 0 Å². The highest BCUT2D eigenvalue weighted by atomic mass is 31.2. The fourth-order valence-electron chi connectivity index (χ4n) is 9.47. The maximum absolute atomic E-state index is 13.0. The molecular weight excluding hydrogens is 984 g/mol. The van der Waals surface area contributed by atoms with Gasteiger partial charge in [-0.2, -0.15) is 0 Å². The van der Waals surface area contributed by atoms with Crippen molar-refractivity contribution >= 4 is 13.7 Å². The van der Waals surface area contributed by atoms with Crippen molar-refractivity contribution in [3.8, 4) is 0 Å². The van der Waals surface area contributed by atoms with Gasteiger partial charge in [0.25, 0.3) is 7.82 Å². The minimum absolute atomic E-state index is 0.0124. The summed E-state index contributed by atoms with van der Waals surface area (Å²) in [6.45, 7) is 4.53. The molecule has 0 bridgehead atoms. The van der Waals surface area contributed by atoms with Crippen LogP contribution >= 0.6 is 7.82 Å². The number of aliphatic hydroxyl groups excluding tert-OH is 1. The van der Waals surface area contributed by atoms with Crippen LogP contribution in [0.1, 0.15) is 296 Å². The molecule has 9 heteroatoms. The first-order valence-corrected chi connectivity index (χ1v) is 34.4. The average Bonchev–Trinajstić information content (AvgIpc) is 3.41. The van der Waals surface area contributed by atoms with Gasteiger partial charge in [0.1, 0.15) is 13.2 Å². The average molecular weight is 1110 g/mol. The van der Waals surface area contributed by atoms with E-state index in [0.29, 0.717) is 17.4 Å². The third-order valence-electron chi connectivity index (χ3n) is 14.6. The molecule has 454 valence electrons. The minimum atomic E-state index is -4.62. The largest absolute Gasteiger partial charge is 0.756 e. The molecule has 0 aromatic heterocycles. The number of carbonyl (C=O) groups excluding carboxylic acids is 1. The summed E-state index contributed by atoms with van der Waals surface area (Å²) >= 11 is 0. The second-order valence-corrected chi connectivity index (χ2v) is 24.8. The van der Waals surface area contributed by atoms with Gasteiger partial charge in [0, 0.05) is 6.42 Å². The maximum Gasteiger partial charge on any atom is 0.268 e. The molecule has 0 aromatic carbocycles. The van der Waals surface area contributed by atoms with Gasteiger partial charge in [-0.3, -0.25) is 9.36 Å². The molecule has 0 spiro atoms. The van der Waals surface area contributed by atoms with Crippen LogP contribution < -0.4 is 10.2 Å². The van der Waals surface area contributed by atoms with Crippen LogP contribution in [0.2, 0.25) is 0 Å². The third-order valence-corrected chi connectivity index (χ3v) is 15.5. The third kappa shape index (κ3) is 61.3. The smallest absolute Gasteiger partial charge is 0.268 e. The van der Waals surface area contributed by atoms with Gasteiger partial charge in [-0.05, 0) is 83.5 Å². The molecule has 3 unspecified atom stereocenters. The number of phosphoric ester groups is 1. The monoisotopic (exact) mass is 1110 g/mol. The molecule has 78 heavy (non-hydrogen) atoms. The molecule has 0 fully saturated rings. The van der Waals surface area contributed by atoms with Crippen LogP contribution in [0.15, 0.2) is 85.1 Å². The van der Waals surface area contributed by atoms with E-state index in [9.17, 15) is 19.4 Å². The van der Waals surface area contributed by atoms with Crippen molar-refractivity contribution in [1.29, 1.82) is 0 Å². The summed E-state index contributed by atoms with van der Waals surface area (Å²) in [6, 6.07) is -0.917. The Morgan fingerprint density at radius 3 is 1.19 bits per heavy atom. The Morgan fingerprint density at radius 2 is 0.795 bits per heavy atom. The van der Waals surface area contributed by atoms with Crippen LogP contribution in [0.25, 0.3) is 0 Å². The van der Waals surface area contributed by atoms with E-state index in [0.717, 1.165) is 70.6 Å². The number of carbonyl (C=O) groups is 1. The van der Waals surface area contributed by atoms with E-state index in [-0.39, 0.29) is 12.5 Å².